The summed E-state index contributed by atoms with van der Waals surface area (Å²) in [4.78, 5) is 15.0. The number of pyridine rings is 1. The van der Waals surface area contributed by atoms with Crippen LogP contribution in [-0.2, 0) is 0 Å². The number of hydrogen-bond acceptors (Lipinski definition) is 3. The van der Waals surface area contributed by atoms with Crippen molar-refractivity contribution in [2.75, 3.05) is 6.61 Å². The Labute approximate surface area is 86.1 Å². The van der Waals surface area contributed by atoms with Gasteiger partial charge in [0, 0.05) is 6.20 Å². The Hall–Kier alpha value is -1.49. The van der Waals surface area contributed by atoms with Crippen molar-refractivity contribution in [1.82, 2.24) is 10.3 Å². The molecule has 1 aromatic heterocycles. The molecule has 0 atom stereocenters. The van der Waals surface area contributed by atoms with E-state index in [0.29, 0.717) is 0 Å². The van der Waals surface area contributed by atoms with E-state index in [1.807, 2.05) is 0 Å². The monoisotopic (exact) mass is 210 g/mol. The lowest BCUT2D eigenvalue weighted by molar-refractivity contribution is 0.0901. The number of aliphatic hydroxyl groups is 1. The molecule has 1 aliphatic rings. The van der Waals surface area contributed by atoms with Crippen molar-refractivity contribution in [2.24, 2.45) is 0 Å². The molecule has 80 valence electrons. The van der Waals surface area contributed by atoms with E-state index in [0.717, 1.165) is 12.8 Å². The first kappa shape index (κ1) is 10.0. The second-order valence-corrected chi connectivity index (χ2v) is 3.73. The quantitative estimate of drug-likeness (QED) is 0.713. The SMILES string of the molecule is O=C(NC1(CO)CC1)c1cccnc1F. The highest BCUT2D eigenvalue weighted by molar-refractivity contribution is 5.94. The molecular weight excluding hydrogens is 199 g/mol. The number of hydrogen-bond donors (Lipinski definition) is 2. The average molecular weight is 210 g/mol. The van der Waals surface area contributed by atoms with Gasteiger partial charge in [0.05, 0.1) is 17.7 Å². The van der Waals surface area contributed by atoms with Gasteiger partial charge in [-0.3, -0.25) is 4.79 Å². The van der Waals surface area contributed by atoms with Gasteiger partial charge in [-0.15, -0.1) is 0 Å². The fourth-order valence-corrected chi connectivity index (χ4v) is 1.34. The maximum absolute atomic E-state index is 13.1. The fourth-order valence-electron chi connectivity index (χ4n) is 1.34. The predicted octanol–water partition coefficient (Wildman–Crippen LogP) is 0.475. The molecule has 1 aromatic rings. The van der Waals surface area contributed by atoms with Crippen LogP contribution in [0.3, 0.4) is 0 Å². The summed E-state index contributed by atoms with van der Waals surface area (Å²) in [5.41, 5.74) is -0.614. The molecule has 0 spiro atoms. The van der Waals surface area contributed by atoms with E-state index < -0.39 is 17.4 Å². The van der Waals surface area contributed by atoms with Crippen molar-refractivity contribution in [3.05, 3.63) is 29.8 Å². The van der Waals surface area contributed by atoms with Crippen molar-refractivity contribution in [3.63, 3.8) is 0 Å². The van der Waals surface area contributed by atoms with Gasteiger partial charge in [-0.05, 0) is 25.0 Å². The van der Waals surface area contributed by atoms with E-state index in [-0.39, 0.29) is 12.2 Å². The number of aromatic nitrogens is 1. The molecule has 4 nitrogen and oxygen atoms in total. The van der Waals surface area contributed by atoms with Gasteiger partial charge in [0.15, 0.2) is 0 Å². The van der Waals surface area contributed by atoms with Crippen LogP contribution < -0.4 is 5.32 Å². The summed E-state index contributed by atoms with van der Waals surface area (Å²) in [6, 6.07) is 2.86. The third kappa shape index (κ3) is 1.97. The normalized spacial score (nSPS) is 17.2. The molecule has 2 N–H and O–H groups in total. The summed E-state index contributed by atoms with van der Waals surface area (Å²) in [6.07, 6.45) is 2.75. The first-order valence-electron chi connectivity index (χ1n) is 4.71. The topological polar surface area (TPSA) is 62.2 Å². The standard InChI is InChI=1S/C10H11FN2O2/c11-8-7(2-1-5-12-8)9(15)13-10(6-14)3-4-10/h1-2,5,14H,3-4,6H2,(H,13,15). The molecule has 0 bridgehead atoms. The Kier molecular flexibility index (Phi) is 2.40. The first-order valence-corrected chi connectivity index (χ1v) is 4.71. The lowest BCUT2D eigenvalue weighted by Crippen LogP contribution is -2.40. The molecule has 15 heavy (non-hydrogen) atoms. The predicted molar refractivity (Wildman–Crippen MR) is 50.7 cm³/mol. The van der Waals surface area contributed by atoms with Crippen molar-refractivity contribution < 1.29 is 14.3 Å². The van der Waals surface area contributed by atoms with Crippen LogP contribution >= 0.6 is 0 Å². The van der Waals surface area contributed by atoms with E-state index in [1.54, 1.807) is 0 Å². The van der Waals surface area contributed by atoms with Crippen molar-refractivity contribution in [3.8, 4) is 0 Å². The number of aliphatic hydroxyl groups excluding tert-OH is 1. The Morgan fingerprint density at radius 1 is 1.67 bits per heavy atom. The number of rotatable bonds is 3. The minimum atomic E-state index is -0.788. The van der Waals surface area contributed by atoms with Crippen molar-refractivity contribution >= 4 is 5.91 Å². The molecule has 2 rings (SSSR count). The Bertz CT molecular complexity index is 391. The molecule has 1 heterocycles. The van der Waals surface area contributed by atoms with E-state index >= 15 is 0 Å². The highest BCUT2D eigenvalue weighted by Gasteiger charge is 2.43. The lowest BCUT2D eigenvalue weighted by Gasteiger charge is -2.13. The number of nitrogens with one attached hydrogen (secondary N) is 1. The van der Waals surface area contributed by atoms with Crippen LogP contribution in [0.5, 0.6) is 0 Å². The molecule has 0 aliphatic heterocycles. The molecule has 5 heteroatoms. The summed E-state index contributed by atoms with van der Waals surface area (Å²) in [5.74, 6) is -1.31. The number of nitrogens with zero attached hydrogens (tertiary/aromatic N) is 1. The third-order valence-corrected chi connectivity index (χ3v) is 2.54. The number of halogens is 1. The van der Waals surface area contributed by atoms with E-state index in [9.17, 15) is 9.18 Å². The van der Waals surface area contributed by atoms with Crippen LogP contribution in [0.4, 0.5) is 4.39 Å². The molecule has 1 aliphatic carbocycles. The third-order valence-electron chi connectivity index (χ3n) is 2.54. The van der Waals surface area contributed by atoms with Gasteiger partial charge in [0.25, 0.3) is 5.91 Å². The fraction of sp³-hybridized carbons (Fsp3) is 0.400. The Morgan fingerprint density at radius 3 is 2.93 bits per heavy atom. The van der Waals surface area contributed by atoms with Crippen molar-refractivity contribution in [2.45, 2.75) is 18.4 Å². The molecule has 0 unspecified atom stereocenters. The molecule has 1 saturated carbocycles. The summed E-state index contributed by atoms with van der Waals surface area (Å²) < 4.78 is 13.1. The summed E-state index contributed by atoms with van der Waals surface area (Å²) in [6.45, 7) is -0.110. The maximum atomic E-state index is 13.1. The Morgan fingerprint density at radius 2 is 2.40 bits per heavy atom. The van der Waals surface area contributed by atoms with Crippen LogP contribution in [0.1, 0.15) is 23.2 Å². The van der Waals surface area contributed by atoms with E-state index in [4.69, 9.17) is 5.11 Å². The smallest absolute Gasteiger partial charge is 0.256 e. The Balaban J connectivity index is 2.12. The van der Waals surface area contributed by atoms with Crippen LogP contribution in [0.15, 0.2) is 18.3 Å². The molecule has 0 saturated heterocycles. The average Bonchev–Trinajstić information content (AvgIpc) is 2.99. The van der Waals surface area contributed by atoms with Crippen LogP contribution in [0.2, 0.25) is 0 Å². The number of carbonyl (C=O) groups excluding carboxylic acids is 1. The zero-order valence-electron chi connectivity index (χ0n) is 8.03. The summed E-state index contributed by atoms with van der Waals surface area (Å²) in [7, 11) is 0. The van der Waals surface area contributed by atoms with Gasteiger partial charge in [-0.25, -0.2) is 4.98 Å². The zero-order chi connectivity index (χ0) is 10.9. The van der Waals surface area contributed by atoms with Gasteiger partial charge in [-0.1, -0.05) is 0 Å². The minimum absolute atomic E-state index is 0.0859. The summed E-state index contributed by atoms with van der Waals surface area (Å²) in [5, 5.41) is 11.6. The van der Waals surface area contributed by atoms with E-state index in [2.05, 4.69) is 10.3 Å². The minimum Gasteiger partial charge on any atom is -0.394 e. The van der Waals surface area contributed by atoms with Gasteiger partial charge in [0.2, 0.25) is 5.95 Å². The lowest BCUT2D eigenvalue weighted by atomic mass is 10.2. The molecule has 0 radical (unpaired) electrons. The first-order chi connectivity index (χ1) is 7.17. The van der Waals surface area contributed by atoms with Gasteiger partial charge < -0.3 is 10.4 Å². The number of amides is 1. The van der Waals surface area contributed by atoms with Gasteiger partial charge >= 0.3 is 0 Å². The maximum Gasteiger partial charge on any atom is 0.256 e. The number of carbonyl (C=O) groups is 1. The molecular formula is C10H11FN2O2. The molecule has 1 amide bonds. The molecule has 0 aromatic carbocycles. The van der Waals surface area contributed by atoms with Crippen LogP contribution in [0.25, 0.3) is 0 Å². The second-order valence-electron chi connectivity index (χ2n) is 3.73. The largest absolute Gasteiger partial charge is 0.394 e. The van der Waals surface area contributed by atoms with E-state index in [1.165, 1.54) is 18.3 Å². The van der Waals surface area contributed by atoms with Gasteiger partial charge in [0.1, 0.15) is 0 Å². The van der Waals surface area contributed by atoms with Crippen LogP contribution in [-0.4, -0.2) is 28.1 Å². The van der Waals surface area contributed by atoms with Crippen LogP contribution in [0, 0.1) is 5.95 Å². The van der Waals surface area contributed by atoms with Crippen molar-refractivity contribution in [1.29, 1.82) is 0 Å². The zero-order valence-corrected chi connectivity index (χ0v) is 8.03. The summed E-state index contributed by atoms with van der Waals surface area (Å²) >= 11 is 0. The highest BCUT2D eigenvalue weighted by atomic mass is 19.1. The second kappa shape index (κ2) is 3.58. The van der Waals surface area contributed by atoms with Gasteiger partial charge in [-0.2, -0.15) is 4.39 Å². The highest BCUT2D eigenvalue weighted by Crippen LogP contribution is 2.34. The molecule has 1 fully saturated rings.